The lowest BCUT2D eigenvalue weighted by Crippen LogP contribution is -2.25. The highest BCUT2D eigenvalue weighted by Crippen LogP contribution is 2.25. The fourth-order valence-corrected chi connectivity index (χ4v) is 1.88. The lowest BCUT2D eigenvalue weighted by atomic mass is 10.1. The second kappa shape index (κ2) is 4.21. The van der Waals surface area contributed by atoms with Gasteiger partial charge in [0.15, 0.2) is 0 Å². The Morgan fingerprint density at radius 3 is 2.81 bits per heavy atom. The Bertz CT molecular complexity index is 432. The maximum absolute atomic E-state index is 11.6. The monoisotopic (exact) mass is 284 g/mol. The maximum atomic E-state index is 11.6. The summed E-state index contributed by atoms with van der Waals surface area (Å²) < 4.78 is 0.678. The van der Waals surface area contributed by atoms with Gasteiger partial charge in [-0.05, 0) is 28.1 Å². The Morgan fingerprint density at radius 2 is 2.31 bits per heavy atom. The Morgan fingerprint density at radius 1 is 1.56 bits per heavy atom. The third-order valence-electron chi connectivity index (χ3n) is 2.50. The molecule has 1 amide bonds. The number of rotatable bonds is 2. The van der Waals surface area contributed by atoms with Crippen molar-refractivity contribution < 1.29 is 14.7 Å². The molecular formula is C10H9BrN2O3. The molecule has 84 valence electrons. The van der Waals surface area contributed by atoms with Crippen LogP contribution in [0.5, 0.6) is 0 Å². The average molecular weight is 285 g/mol. The summed E-state index contributed by atoms with van der Waals surface area (Å²) in [5.74, 6) is -1.71. The van der Waals surface area contributed by atoms with E-state index in [9.17, 15) is 9.59 Å². The highest BCUT2D eigenvalue weighted by Gasteiger charge is 2.35. The van der Waals surface area contributed by atoms with Crippen LogP contribution in [0.4, 0.5) is 5.69 Å². The number of hydrogen-bond donors (Lipinski definition) is 1. The zero-order chi connectivity index (χ0) is 11.7. The number of aliphatic carboxylic acids is 1. The molecule has 0 aliphatic carbocycles. The standard InChI is InChI=1S/C10H9BrN2O3/c11-8-2-1-7(4-12-8)13-5-6(10(15)16)3-9(13)14/h1-2,4,6H,3,5H2,(H,15,16). The number of aromatic nitrogens is 1. The van der Waals surface area contributed by atoms with Gasteiger partial charge in [-0.15, -0.1) is 0 Å². The van der Waals surface area contributed by atoms with Gasteiger partial charge in [-0.2, -0.15) is 0 Å². The smallest absolute Gasteiger partial charge is 0.308 e. The van der Waals surface area contributed by atoms with Crippen LogP contribution >= 0.6 is 15.9 Å². The van der Waals surface area contributed by atoms with Gasteiger partial charge in [-0.3, -0.25) is 9.59 Å². The Labute approximate surface area is 100 Å². The van der Waals surface area contributed by atoms with Crippen LogP contribution in [0.3, 0.4) is 0 Å². The highest BCUT2D eigenvalue weighted by atomic mass is 79.9. The van der Waals surface area contributed by atoms with Crippen LogP contribution in [0.25, 0.3) is 0 Å². The SMILES string of the molecule is O=C(O)C1CC(=O)N(c2ccc(Br)nc2)C1. The number of carboxylic acids is 1. The largest absolute Gasteiger partial charge is 0.481 e. The van der Waals surface area contributed by atoms with Crippen LogP contribution < -0.4 is 4.90 Å². The molecule has 1 atom stereocenters. The minimum Gasteiger partial charge on any atom is -0.481 e. The topological polar surface area (TPSA) is 70.5 Å². The first kappa shape index (κ1) is 11.1. The summed E-state index contributed by atoms with van der Waals surface area (Å²) in [7, 11) is 0. The molecule has 0 saturated carbocycles. The second-order valence-corrected chi connectivity index (χ2v) is 4.40. The van der Waals surface area contributed by atoms with E-state index in [-0.39, 0.29) is 18.9 Å². The summed E-state index contributed by atoms with van der Waals surface area (Å²) in [6, 6.07) is 3.45. The fourth-order valence-electron chi connectivity index (χ4n) is 1.65. The summed E-state index contributed by atoms with van der Waals surface area (Å²) in [6.07, 6.45) is 1.61. The van der Waals surface area contributed by atoms with E-state index in [4.69, 9.17) is 5.11 Å². The minimum atomic E-state index is -0.930. The number of pyridine rings is 1. The van der Waals surface area contributed by atoms with Gasteiger partial charge in [-0.1, -0.05) is 0 Å². The maximum Gasteiger partial charge on any atom is 0.308 e. The van der Waals surface area contributed by atoms with E-state index in [1.807, 2.05) is 0 Å². The van der Waals surface area contributed by atoms with Gasteiger partial charge in [-0.25, -0.2) is 4.98 Å². The molecule has 2 heterocycles. The molecule has 0 spiro atoms. The summed E-state index contributed by atoms with van der Waals surface area (Å²) in [4.78, 5) is 27.8. The number of hydrogen-bond acceptors (Lipinski definition) is 3. The fraction of sp³-hybridized carbons (Fsp3) is 0.300. The molecule has 1 aromatic rings. The number of carbonyl (C=O) groups excluding carboxylic acids is 1. The number of nitrogens with zero attached hydrogens (tertiary/aromatic N) is 2. The minimum absolute atomic E-state index is 0.0609. The van der Waals surface area contributed by atoms with Gasteiger partial charge in [0, 0.05) is 13.0 Å². The lowest BCUT2D eigenvalue weighted by Gasteiger charge is -2.15. The molecule has 1 aliphatic rings. The van der Waals surface area contributed by atoms with E-state index in [1.54, 1.807) is 18.3 Å². The molecule has 5 nitrogen and oxygen atoms in total. The Balaban J connectivity index is 2.20. The first-order valence-electron chi connectivity index (χ1n) is 4.72. The van der Waals surface area contributed by atoms with E-state index in [1.165, 1.54) is 4.90 Å². The molecule has 6 heteroatoms. The molecule has 0 radical (unpaired) electrons. The molecule has 0 aromatic carbocycles. The van der Waals surface area contributed by atoms with Crippen LogP contribution in [0.1, 0.15) is 6.42 Å². The summed E-state index contributed by atoms with van der Waals surface area (Å²) in [6.45, 7) is 0.220. The van der Waals surface area contributed by atoms with Crippen molar-refractivity contribution in [3.05, 3.63) is 22.9 Å². The molecule has 1 unspecified atom stereocenters. The number of carboxylic acid groups (broad SMARTS) is 1. The van der Waals surface area contributed by atoms with Gasteiger partial charge in [0.1, 0.15) is 4.60 Å². The first-order valence-corrected chi connectivity index (χ1v) is 5.52. The summed E-state index contributed by atoms with van der Waals surface area (Å²) >= 11 is 3.20. The average Bonchev–Trinajstić information content (AvgIpc) is 2.62. The Hall–Kier alpha value is -1.43. The van der Waals surface area contributed by atoms with E-state index in [0.29, 0.717) is 10.3 Å². The van der Waals surface area contributed by atoms with Crippen molar-refractivity contribution in [1.82, 2.24) is 4.98 Å². The van der Waals surface area contributed by atoms with Gasteiger partial charge in [0.25, 0.3) is 0 Å². The predicted molar refractivity (Wildman–Crippen MR) is 60.0 cm³/mol. The van der Waals surface area contributed by atoms with Gasteiger partial charge in [0.2, 0.25) is 5.91 Å². The van der Waals surface area contributed by atoms with Crippen LogP contribution in [0.15, 0.2) is 22.9 Å². The molecule has 1 aliphatic heterocycles. The molecule has 2 rings (SSSR count). The number of halogens is 1. The van der Waals surface area contributed by atoms with Crippen LogP contribution in [0.2, 0.25) is 0 Å². The molecule has 1 aromatic heterocycles. The third-order valence-corrected chi connectivity index (χ3v) is 2.97. The zero-order valence-corrected chi connectivity index (χ0v) is 9.85. The van der Waals surface area contributed by atoms with Crippen molar-refractivity contribution in [2.75, 3.05) is 11.4 Å². The van der Waals surface area contributed by atoms with E-state index < -0.39 is 11.9 Å². The highest BCUT2D eigenvalue weighted by molar-refractivity contribution is 9.10. The van der Waals surface area contributed by atoms with Crippen molar-refractivity contribution >= 4 is 33.5 Å². The van der Waals surface area contributed by atoms with Crippen molar-refractivity contribution in [2.45, 2.75) is 6.42 Å². The number of anilines is 1. The molecule has 1 saturated heterocycles. The predicted octanol–water partition coefficient (Wildman–Crippen LogP) is 1.28. The molecule has 0 bridgehead atoms. The lowest BCUT2D eigenvalue weighted by molar-refractivity contribution is -0.141. The molecule has 16 heavy (non-hydrogen) atoms. The summed E-state index contributed by atoms with van der Waals surface area (Å²) in [5, 5.41) is 8.84. The number of amides is 1. The zero-order valence-electron chi connectivity index (χ0n) is 8.26. The Kier molecular flexibility index (Phi) is 2.91. The van der Waals surface area contributed by atoms with Crippen molar-refractivity contribution in [2.24, 2.45) is 5.92 Å². The number of carbonyl (C=O) groups is 2. The van der Waals surface area contributed by atoms with Gasteiger partial charge in [0.05, 0.1) is 17.8 Å². The van der Waals surface area contributed by atoms with E-state index in [2.05, 4.69) is 20.9 Å². The normalized spacial score (nSPS) is 20.2. The van der Waals surface area contributed by atoms with Gasteiger partial charge >= 0.3 is 5.97 Å². The van der Waals surface area contributed by atoms with E-state index >= 15 is 0 Å². The van der Waals surface area contributed by atoms with Crippen molar-refractivity contribution in [1.29, 1.82) is 0 Å². The van der Waals surface area contributed by atoms with Crippen LogP contribution in [0, 0.1) is 5.92 Å². The van der Waals surface area contributed by atoms with Gasteiger partial charge < -0.3 is 10.0 Å². The molecule has 1 fully saturated rings. The van der Waals surface area contributed by atoms with Crippen molar-refractivity contribution in [3.63, 3.8) is 0 Å². The van der Waals surface area contributed by atoms with Crippen molar-refractivity contribution in [3.8, 4) is 0 Å². The quantitative estimate of drug-likeness (QED) is 0.831. The molecule has 1 N–H and O–H groups in total. The van der Waals surface area contributed by atoms with Crippen LogP contribution in [-0.4, -0.2) is 28.5 Å². The van der Waals surface area contributed by atoms with Crippen LogP contribution in [-0.2, 0) is 9.59 Å². The summed E-state index contributed by atoms with van der Waals surface area (Å²) in [5.41, 5.74) is 0.636. The third kappa shape index (κ3) is 2.06. The second-order valence-electron chi connectivity index (χ2n) is 3.58. The molecular weight excluding hydrogens is 276 g/mol. The first-order chi connectivity index (χ1) is 7.58. The van der Waals surface area contributed by atoms with E-state index in [0.717, 1.165) is 0 Å².